The number of carbonyl (C=O) groups excluding carboxylic acids is 1. The van der Waals surface area contributed by atoms with Crippen molar-refractivity contribution >= 4 is 5.91 Å². The molecule has 0 radical (unpaired) electrons. The molecule has 0 bridgehead atoms. The van der Waals surface area contributed by atoms with Gasteiger partial charge in [0.1, 0.15) is 0 Å². The van der Waals surface area contributed by atoms with Crippen LogP contribution < -0.4 is 5.32 Å². The Bertz CT molecular complexity index is 178. The van der Waals surface area contributed by atoms with Crippen molar-refractivity contribution in [1.29, 1.82) is 0 Å². The molecule has 4 nitrogen and oxygen atoms in total. The highest BCUT2D eigenvalue weighted by Crippen LogP contribution is 2.44. The second-order valence-electron chi connectivity index (χ2n) is 3.68. The van der Waals surface area contributed by atoms with Crippen LogP contribution in [0.3, 0.4) is 0 Å². The first-order valence-corrected chi connectivity index (χ1v) is 4.59. The number of carbonyl (C=O) groups is 1. The van der Waals surface area contributed by atoms with E-state index in [2.05, 4.69) is 5.32 Å². The van der Waals surface area contributed by atoms with Gasteiger partial charge in [0.25, 0.3) is 0 Å². The summed E-state index contributed by atoms with van der Waals surface area (Å²) in [7, 11) is 1.57. The first-order valence-electron chi connectivity index (χ1n) is 4.59. The summed E-state index contributed by atoms with van der Waals surface area (Å²) >= 11 is 0. The molecule has 0 aromatic rings. The summed E-state index contributed by atoms with van der Waals surface area (Å²) in [5, 5.41) is 11.8. The largest absolute Gasteiger partial charge is 0.396 e. The first kappa shape index (κ1) is 10.5. The Kier molecular flexibility index (Phi) is 3.69. The number of rotatable bonds is 6. The molecule has 0 spiro atoms. The fraction of sp³-hybridized carbons (Fsp3) is 0.889. The van der Waals surface area contributed by atoms with E-state index in [1.54, 1.807) is 7.11 Å². The number of aliphatic hydroxyl groups is 1. The molecule has 1 aliphatic rings. The van der Waals surface area contributed by atoms with E-state index >= 15 is 0 Å². The predicted octanol–water partition coefficient (Wildman–Crippen LogP) is -0.0884. The number of hydrogen-bond acceptors (Lipinski definition) is 3. The van der Waals surface area contributed by atoms with Crippen LogP contribution in [0, 0.1) is 5.41 Å². The van der Waals surface area contributed by atoms with Crippen LogP contribution in [0.4, 0.5) is 0 Å². The second kappa shape index (κ2) is 4.58. The van der Waals surface area contributed by atoms with E-state index in [0.29, 0.717) is 19.6 Å². The Labute approximate surface area is 78.3 Å². The van der Waals surface area contributed by atoms with Crippen molar-refractivity contribution in [3.05, 3.63) is 0 Å². The Balaban J connectivity index is 2.08. The number of ether oxygens (including phenoxy) is 1. The molecule has 0 aromatic heterocycles. The summed E-state index contributed by atoms with van der Waals surface area (Å²) in [4.78, 5) is 11.1. The first-order chi connectivity index (χ1) is 6.22. The quantitative estimate of drug-likeness (QED) is 0.611. The molecule has 13 heavy (non-hydrogen) atoms. The highest BCUT2D eigenvalue weighted by atomic mass is 16.5. The third-order valence-corrected chi connectivity index (χ3v) is 2.49. The molecular formula is C9H17NO3. The molecular weight excluding hydrogens is 170 g/mol. The van der Waals surface area contributed by atoms with Crippen LogP contribution in [0.2, 0.25) is 0 Å². The Hall–Kier alpha value is -0.610. The predicted molar refractivity (Wildman–Crippen MR) is 48.3 cm³/mol. The lowest BCUT2D eigenvalue weighted by Crippen LogP contribution is -2.32. The Morgan fingerprint density at radius 1 is 1.62 bits per heavy atom. The molecule has 1 rings (SSSR count). The average molecular weight is 187 g/mol. The van der Waals surface area contributed by atoms with E-state index in [9.17, 15) is 4.79 Å². The molecule has 0 atom stereocenters. The van der Waals surface area contributed by atoms with Gasteiger partial charge in [0, 0.05) is 25.5 Å². The lowest BCUT2D eigenvalue weighted by Gasteiger charge is -2.12. The number of methoxy groups -OCH3 is 1. The van der Waals surface area contributed by atoms with E-state index in [4.69, 9.17) is 9.84 Å². The van der Waals surface area contributed by atoms with Crippen LogP contribution in [0.15, 0.2) is 0 Å². The van der Waals surface area contributed by atoms with Gasteiger partial charge in [-0.2, -0.15) is 0 Å². The van der Waals surface area contributed by atoms with Gasteiger partial charge in [0.15, 0.2) is 0 Å². The fourth-order valence-electron chi connectivity index (χ4n) is 1.14. The van der Waals surface area contributed by atoms with Crippen molar-refractivity contribution in [3.63, 3.8) is 0 Å². The maximum atomic E-state index is 11.1. The van der Waals surface area contributed by atoms with Crippen LogP contribution in [-0.2, 0) is 9.53 Å². The lowest BCUT2D eigenvalue weighted by atomic mass is 10.1. The minimum atomic E-state index is 0.00146. The average Bonchev–Trinajstić information content (AvgIpc) is 2.92. The highest BCUT2D eigenvalue weighted by molar-refractivity contribution is 5.76. The fourth-order valence-corrected chi connectivity index (χ4v) is 1.14. The molecule has 1 saturated carbocycles. The molecule has 0 aromatic carbocycles. The minimum Gasteiger partial charge on any atom is -0.396 e. The standard InChI is InChI=1S/C9H17NO3/c1-13-5-2-8(12)10-6-9(7-11)3-4-9/h11H,2-7H2,1H3,(H,10,12). The van der Waals surface area contributed by atoms with E-state index < -0.39 is 0 Å². The molecule has 0 heterocycles. The van der Waals surface area contributed by atoms with Gasteiger partial charge in [0.2, 0.25) is 5.91 Å². The van der Waals surface area contributed by atoms with Crippen LogP contribution in [-0.4, -0.2) is 37.9 Å². The van der Waals surface area contributed by atoms with Gasteiger partial charge in [-0.15, -0.1) is 0 Å². The summed E-state index contributed by atoms with van der Waals surface area (Å²) in [6, 6.07) is 0. The van der Waals surface area contributed by atoms with Crippen LogP contribution in [0.25, 0.3) is 0 Å². The summed E-state index contributed by atoms with van der Waals surface area (Å²) in [5.41, 5.74) is 0.00271. The molecule has 1 aliphatic carbocycles. The van der Waals surface area contributed by atoms with Gasteiger partial charge in [-0.3, -0.25) is 4.79 Å². The van der Waals surface area contributed by atoms with Crippen LogP contribution >= 0.6 is 0 Å². The summed E-state index contributed by atoms with van der Waals surface area (Å²) < 4.78 is 4.78. The summed E-state index contributed by atoms with van der Waals surface area (Å²) in [5.74, 6) is 0.00146. The zero-order chi connectivity index (χ0) is 9.73. The van der Waals surface area contributed by atoms with E-state index in [-0.39, 0.29) is 17.9 Å². The van der Waals surface area contributed by atoms with Gasteiger partial charge in [-0.1, -0.05) is 0 Å². The summed E-state index contributed by atoms with van der Waals surface area (Å²) in [6.07, 6.45) is 2.44. The Morgan fingerprint density at radius 3 is 2.77 bits per heavy atom. The van der Waals surface area contributed by atoms with Gasteiger partial charge in [-0.05, 0) is 12.8 Å². The molecule has 4 heteroatoms. The van der Waals surface area contributed by atoms with Crippen LogP contribution in [0.1, 0.15) is 19.3 Å². The van der Waals surface area contributed by atoms with Crippen molar-refractivity contribution in [1.82, 2.24) is 5.32 Å². The Morgan fingerprint density at radius 2 is 2.31 bits per heavy atom. The number of aliphatic hydroxyl groups excluding tert-OH is 1. The molecule has 0 aliphatic heterocycles. The number of hydrogen-bond donors (Lipinski definition) is 2. The number of amides is 1. The van der Waals surface area contributed by atoms with Gasteiger partial charge in [-0.25, -0.2) is 0 Å². The van der Waals surface area contributed by atoms with Gasteiger partial charge < -0.3 is 15.2 Å². The van der Waals surface area contributed by atoms with E-state index in [0.717, 1.165) is 12.8 Å². The molecule has 1 fully saturated rings. The lowest BCUT2D eigenvalue weighted by molar-refractivity contribution is -0.122. The number of nitrogens with one attached hydrogen (secondary N) is 1. The van der Waals surface area contributed by atoms with Crippen molar-refractivity contribution < 1.29 is 14.6 Å². The normalized spacial score (nSPS) is 18.3. The monoisotopic (exact) mass is 187 g/mol. The summed E-state index contributed by atoms with van der Waals surface area (Å²) in [6.45, 7) is 1.24. The molecule has 0 unspecified atom stereocenters. The maximum Gasteiger partial charge on any atom is 0.222 e. The highest BCUT2D eigenvalue weighted by Gasteiger charge is 2.41. The zero-order valence-corrected chi connectivity index (χ0v) is 8.01. The maximum absolute atomic E-state index is 11.1. The third kappa shape index (κ3) is 3.32. The topological polar surface area (TPSA) is 58.6 Å². The molecule has 76 valence electrons. The van der Waals surface area contributed by atoms with Gasteiger partial charge >= 0.3 is 0 Å². The SMILES string of the molecule is COCCC(=O)NCC1(CO)CC1. The molecule has 2 N–H and O–H groups in total. The van der Waals surface area contributed by atoms with Crippen LogP contribution in [0.5, 0.6) is 0 Å². The minimum absolute atomic E-state index is 0.00146. The zero-order valence-electron chi connectivity index (χ0n) is 8.01. The van der Waals surface area contributed by atoms with Crippen molar-refractivity contribution in [2.45, 2.75) is 19.3 Å². The van der Waals surface area contributed by atoms with E-state index in [1.807, 2.05) is 0 Å². The third-order valence-electron chi connectivity index (χ3n) is 2.49. The van der Waals surface area contributed by atoms with E-state index in [1.165, 1.54) is 0 Å². The molecule has 0 saturated heterocycles. The smallest absolute Gasteiger partial charge is 0.222 e. The van der Waals surface area contributed by atoms with Gasteiger partial charge in [0.05, 0.1) is 13.2 Å². The van der Waals surface area contributed by atoms with Crippen molar-refractivity contribution in [2.75, 3.05) is 26.9 Å². The molecule has 1 amide bonds. The van der Waals surface area contributed by atoms with Crippen molar-refractivity contribution in [3.8, 4) is 0 Å². The second-order valence-corrected chi connectivity index (χ2v) is 3.68. The van der Waals surface area contributed by atoms with Crippen molar-refractivity contribution in [2.24, 2.45) is 5.41 Å².